The summed E-state index contributed by atoms with van der Waals surface area (Å²) in [7, 11) is 1.88. The Kier molecular flexibility index (Phi) is 6.30. The number of hydrogen-bond donors (Lipinski definition) is 1. The molecule has 1 heterocycles. The molecule has 1 aliphatic heterocycles. The molecule has 20 heavy (non-hydrogen) atoms. The molecule has 1 aromatic rings. The van der Waals surface area contributed by atoms with Gasteiger partial charge in [0, 0.05) is 30.9 Å². The van der Waals surface area contributed by atoms with E-state index in [9.17, 15) is 4.79 Å². The van der Waals surface area contributed by atoms with E-state index < -0.39 is 0 Å². The molecule has 1 atom stereocenters. The number of carbonyl (C=O) groups excluding carboxylic acids is 1. The minimum absolute atomic E-state index is 0. The lowest BCUT2D eigenvalue weighted by Gasteiger charge is -2.27. The van der Waals surface area contributed by atoms with Crippen LogP contribution in [0.3, 0.4) is 0 Å². The molecule has 112 valence electrons. The highest BCUT2D eigenvalue weighted by atomic mass is 35.5. The molecule has 1 amide bonds. The predicted octanol–water partition coefficient (Wildman–Crippen LogP) is 2.25. The summed E-state index contributed by atoms with van der Waals surface area (Å²) in [6.07, 6.45) is 2.43. The van der Waals surface area contributed by atoms with Gasteiger partial charge in [-0.2, -0.15) is 0 Å². The van der Waals surface area contributed by atoms with E-state index in [0.717, 1.165) is 19.6 Å². The van der Waals surface area contributed by atoms with Gasteiger partial charge in [0.05, 0.1) is 0 Å². The lowest BCUT2D eigenvalue weighted by molar-refractivity contribution is 0.0754. The van der Waals surface area contributed by atoms with Crippen molar-refractivity contribution >= 4 is 24.0 Å². The predicted molar refractivity (Wildman–Crippen MR) is 85.3 cm³/mol. The maximum absolute atomic E-state index is 12.3. The maximum Gasteiger partial charge on any atom is 0.253 e. The van der Waals surface area contributed by atoms with Gasteiger partial charge in [0.2, 0.25) is 0 Å². The first-order valence-corrected chi connectivity index (χ1v) is 6.97. The van der Waals surface area contributed by atoms with Crippen molar-refractivity contribution in [1.82, 2.24) is 9.80 Å². The second kappa shape index (κ2) is 7.50. The highest BCUT2D eigenvalue weighted by Crippen LogP contribution is 2.18. The Morgan fingerprint density at radius 2 is 2.05 bits per heavy atom. The zero-order valence-corrected chi connectivity index (χ0v) is 13.0. The molecule has 1 saturated heterocycles. The smallest absolute Gasteiger partial charge is 0.253 e. The zero-order valence-electron chi connectivity index (χ0n) is 12.2. The molecule has 1 aromatic carbocycles. The van der Waals surface area contributed by atoms with Crippen LogP contribution in [-0.2, 0) is 0 Å². The van der Waals surface area contributed by atoms with Gasteiger partial charge in [0.25, 0.3) is 5.91 Å². The van der Waals surface area contributed by atoms with E-state index in [1.807, 2.05) is 11.9 Å². The number of nitrogens with zero attached hydrogens (tertiary/aromatic N) is 2. The van der Waals surface area contributed by atoms with Crippen molar-refractivity contribution in [3.05, 3.63) is 29.8 Å². The first-order chi connectivity index (χ1) is 9.11. The fourth-order valence-corrected chi connectivity index (χ4v) is 2.76. The second-order valence-electron chi connectivity index (χ2n) is 5.23. The van der Waals surface area contributed by atoms with Crippen LogP contribution in [0.4, 0.5) is 5.69 Å². The van der Waals surface area contributed by atoms with Crippen LogP contribution in [0, 0.1) is 0 Å². The molecule has 0 bridgehead atoms. The summed E-state index contributed by atoms with van der Waals surface area (Å²) in [5.74, 6) is 0.0722. The molecular formula is C15H24ClN3O. The zero-order chi connectivity index (χ0) is 13.8. The van der Waals surface area contributed by atoms with Crippen molar-refractivity contribution in [2.24, 2.45) is 0 Å². The molecule has 2 rings (SSSR count). The van der Waals surface area contributed by atoms with Crippen molar-refractivity contribution < 1.29 is 4.79 Å². The fraction of sp³-hybridized carbons (Fsp3) is 0.533. The van der Waals surface area contributed by atoms with Crippen molar-refractivity contribution in [1.29, 1.82) is 0 Å². The molecular weight excluding hydrogens is 274 g/mol. The normalized spacial score (nSPS) is 18.6. The minimum atomic E-state index is 0. The summed E-state index contributed by atoms with van der Waals surface area (Å²) in [5.41, 5.74) is 7.03. The van der Waals surface area contributed by atoms with Gasteiger partial charge in [-0.05, 0) is 50.2 Å². The number of likely N-dealkylation sites (tertiary alicyclic amines) is 1. The number of likely N-dealkylation sites (N-methyl/N-ethyl adjacent to an activating group) is 2. The van der Waals surface area contributed by atoms with Gasteiger partial charge in [0.15, 0.2) is 0 Å². The first-order valence-electron chi connectivity index (χ1n) is 6.97. The van der Waals surface area contributed by atoms with Crippen LogP contribution in [0.5, 0.6) is 0 Å². The molecule has 1 fully saturated rings. The minimum Gasteiger partial charge on any atom is -0.399 e. The summed E-state index contributed by atoms with van der Waals surface area (Å²) >= 11 is 0. The van der Waals surface area contributed by atoms with E-state index in [1.54, 1.807) is 24.3 Å². The Labute approximate surface area is 127 Å². The van der Waals surface area contributed by atoms with Gasteiger partial charge >= 0.3 is 0 Å². The van der Waals surface area contributed by atoms with Crippen LogP contribution >= 0.6 is 12.4 Å². The SMILES string of the molecule is CCN1CCCC1CN(C)C(=O)c1ccc(N)cc1.Cl. The first kappa shape index (κ1) is 16.8. The van der Waals surface area contributed by atoms with Crippen molar-refractivity contribution in [3.8, 4) is 0 Å². The molecule has 4 nitrogen and oxygen atoms in total. The largest absolute Gasteiger partial charge is 0.399 e. The summed E-state index contributed by atoms with van der Waals surface area (Å²) in [6.45, 7) is 5.21. The average Bonchev–Trinajstić information content (AvgIpc) is 2.86. The van der Waals surface area contributed by atoms with E-state index in [-0.39, 0.29) is 18.3 Å². The van der Waals surface area contributed by atoms with E-state index in [4.69, 9.17) is 5.73 Å². The third-order valence-corrected chi connectivity index (χ3v) is 3.89. The number of nitrogen functional groups attached to an aromatic ring is 1. The Morgan fingerprint density at radius 1 is 1.40 bits per heavy atom. The molecule has 2 N–H and O–H groups in total. The average molecular weight is 298 g/mol. The molecule has 0 saturated carbocycles. The quantitative estimate of drug-likeness (QED) is 0.867. The number of amides is 1. The van der Waals surface area contributed by atoms with E-state index >= 15 is 0 Å². The summed E-state index contributed by atoms with van der Waals surface area (Å²) in [4.78, 5) is 16.6. The lowest BCUT2D eigenvalue weighted by Crippen LogP contribution is -2.41. The lowest BCUT2D eigenvalue weighted by atomic mass is 10.1. The summed E-state index contributed by atoms with van der Waals surface area (Å²) in [6, 6.07) is 7.64. The van der Waals surface area contributed by atoms with E-state index in [0.29, 0.717) is 17.3 Å². The van der Waals surface area contributed by atoms with Gasteiger partial charge in [-0.15, -0.1) is 12.4 Å². The van der Waals surface area contributed by atoms with Crippen LogP contribution in [0.1, 0.15) is 30.1 Å². The number of benzene rings is 1. The van der Waals surface area contributed by atoms with E-state index in [2.05, 4.69) is 11.8 Å². The van der Waals surface area contributed by atoms with Gasteiger partial charge in [-0.25, -0.2) is 0 Å². The molecule has 5 heteroatoms. The third kappa shape index (κ3) is 3.87. The number of hydrogen-bond acceptors (Lipinski definition) is 3. The Morgan fingerprint density at radius 3 is 2.65 bits per heavy atom. The van der Waals surface area contributed by atoms with Crippen molar-refractivity contribution in [2.45, 2.75) is 25.8 Å². The molecule has 0 spiro atoms. The molecule has 1 aliphatic rings. The molecule has 0 aromatic heterocycles. The molecule has 0 aliphatic carbocycles. The van der Waals surface area contributed by atoms with Gasteiger partial charge in [0.1, 0.15) is 0 Å². The highest BCUT2D eigenvalue weighted by molar-refractivity contribution is 5.94. The van der Waals surface area contributed by atoms with Crippen LogP contribution in [0.15, 0.2) is 24.3 Å². The van der Waals surface area contributed by atoms with Crippen LogP contribution in [0.25, 0.3) is 0 Å². The van der Waals surface area contributed by atoms with Gasteiger partial charge < -0.3 is 10.6 Å². The van der Waals surface area contributed by atoms with Gasteiger partial charge in [-0.3, -0.25) is 9.69 Å². The van der Waals surface area contributed by atoms with E-state index in [1.165, 1.54) is 12.8 Å². The monoisotopic (exact) mass is 297 g/mol. The van der Waals surface area contributed by atoms with Crippen LogP contribution in [-0.4, -0.2) is 48.4 Å². The molecule has 1 unspecified atom stereocenters. The van der Waals surface area contributed by atoms with Crippen LogP contribution < -0.4 is 5.73 Å². The Balaban J connectivity index is 0.00000200. The fourth-order valence-electron chi connectivity index (χ4n) is 2.76. The van der Waals surface area contributed by atoms with Gasteiger partial charge in [-0.1, -0.05) is 6.92 Å². The highest BCUT2D eigenvalue weighted by Gasteiger charge is 2.25. The number of nitrogens with two attached hydrogens (primary N) is 1. The standard InChI is InChI=1S/C15H23N3O.ClH/c1-3-18-10-4-5-14(18)11-17(2)15(19)12-6-8-13(16)9-7-12;/h6-9,14H,3-5,10-11,16H2,1-2H3;1H. The molecule has 0 radical (unpaired) electrons. The topological polar surface area (TPSA) is 49.6 Å². The second-order valence-corrected chi connectivity index (χ2v) is 5.23. The number of anilines is 1. The summed E-state index contributed by atoms with van der Waals surface area (Å²) in [5, 5.41) is 0. The van der Waals surface area contributed by atoms with Crippen molar-refractivity contribution in [2.75, 3.05) is 32.4 Å². The maximum atomic E-state index is 12.3. The van der Waals surface area contributed by atoms with Crippen LogP contribution in [0.2, 0.25) is 0 Å². The Hall–Kier alpha value is -1.26. The number of rotatable bonds is 4. The van der Waals surface area contributed by atoms with Crippen molar-refractivity contribution in [3.63, 3.8) is 0 Å². The number of carbonyl (C=O) groups is 1. The number of halogens is 1. The Bertz CT molecular complexity index is 435. The summed E-state index contributed by atoms with van der Waals surface area (Å²) < 4.78 is 0. The third-order valence-electron chi connectivity index (χ3n) is 3.89.